The van der Waals surface area contributed by atoms with E-state index in [1.807, 2.05) is 11.3 Å². The molecule has 61 heavy (non-hydrogen) atoms. The zero-order chi connectivity index (χ0) is 40.7. The maximum absolute atomic E-state index is 2.46. The zero-order valence-corrected chi connectivity index (χ0v) is 34.9. The summed E-state index contributed by atoms with van der Waals surface area (Å²) >= 11 is 1.88. The van der Waals surface area contributed by atoms with Crippen LogP contribution in [0, 0.1) is 0 Å². The Hall–Kier alpha value is -7.26. The number of anilines is 3. The first-order chi connectivity index (χ1) is 30.0. The van der Waals surface area contributed by atoms with E-state index in [1.54, 1.807) is 0 Å². The van der Waals surface area contributed by atoms with Crippen LogP contribution in [0.5, 0.6) is 0 Å². The molecule has 0 aliphatic heterocycles. The molecule has 0 fully saturated rings. The quantitative estimate of drug-likeness (QED) is 0.152. The van der Waals surface area contributed by atoms with Crippen molar-refractivity contribution in [3.63, 3.8) is 0 Å². The van der Waals surface area contributed by atoms with Crippen LogP contribution in [-0.2, 0) is 5.41 Å². The van der Waals surface area contributed by atoms with E-state index >= 15 is 0 Å². The summed E-state index contributed by atoms with van der Waals surface area (Å²) < 4.78 is 2.61. The number of benzene rings is 10. The van der Waals surface area contributed by atoms with Gasteiger partial charge in [-0.05, 0) is 132 Å². The Balaban J connectivity index is 1.11. The molecular weight excluding hydrogens is 755 g/mol. The van der Waals surface area contributed by atoms with Crippen molar-refractivity contribution in [1.29, 1.82) is 0 Å². The summed E-state index contributed by atoms with van der Waals surface area (Å²) in [7, 11) is 0. The minimum Gasteiger partial charge on any atom is -0.310 e. The average molecular weight is 796 g/mol. The van der Waals surface area contributed by atoms with Crippen LogP contribution < -0.4 is 4.90 Å². The number of hydrogen-bond donors (Lipinski definition) is 0. The molecule has 0 unspecified atom stereocenters. The van der Waals surface area contributed by atoms with Crippen molar-refractivity contribution in [3.8, 4) is 44.5 Å². The highest BCUT2D eigenvalue weighted by molar-refractivity contribution is 7.26. The molecule has 1 aliphatic carbocycles. The number of nitrogens with zero attached hydrogens (tertiary/aromatic N) is 1. The van der Waals surface area contributed by atoms with Gasteiger partial charge in [-0.15, -0.1) is 11.3 Å². The fourth-order valence-corrected chi connectivity index (χ4v) is 11.3. The standard InChI is InChI=1S/C59H41NS/c1-59(2)53-28-12-10-26-49(53)50-31-30-44(37-54(50)59)60(42-21-14-19-39(34-42)38-16-4-3-5-17-38)43-22-15-20-40(35-43)46-32-33-56-58(51-27-11-13-29-55(51)61-56)57(46)52-36-41-18-6-7-23-45(41)47-24-8-9-25-48(47)52/h3-37H,1-2H3. The lowest BCUT2D eigenvalue weighted by Crippen LogP contribution is -2.16. The van der Waals surface area contributed by atoms with E-state index in [9.17, 15) is 0 Å². The molecule has 0 bridgehead atoms. The van der Waals surface area contributed by atoms with Crippen LogP contribution >= 0.6 is 11.3 Å². The van der Waals surface area contributed by atoms with Gasteiger partial charge in [0.1, 0.15) is 0 Å². The number of fused-ring (bicyclic) bond motifs is 9. The summed E-state index contributed by atoms with van der Waals surface area (Å²) in [4.78, 5) is 2.46. The highest BCUT2D eigenvalue weighted by atomic mass is 32.1. The van der Waals surface area contributed by atoms with Crippen molar-refractivity contribution in [1.82, 2.24) is 0 Å². The summed E-state index contributed by atoms with van der Waals surface area (Å²) in [6.07, 6.45) is 0. The summed E-state index contributed by atoms with van der Waals surface area (Å²) in [5.74, 6) is 0. The van der Waals surface area contributed by atoms with Crippen LogP contribution in [0.3, 0.4) is 0 Å². The van der Waals surface area contributed by atoms with Crippen molar-refractivity contribution in [2.24, 2.45) is 0 Å². The monoisotopic (exact) mass is 795 g/mol. The van der Waals surface area contributed by atoms with Gasteiger partial charge in [0, 0.05) is 42.6 Å². The maximum atomic E-state index is 2.46. The van der Waals surface area contributed by atoms with E-state index in [2.05, 4.69) is 231 Å². The Morgan fingerprint density at radius 3 is 1.80 bits per heavy atom. The molecule has 0 saturated heterocycles. The van der Waals surface area contributed by atoms with Crippen LogP contribution in [0.15, 0.2) is 212 Å². The molecule has 2 heteroatoms. The summed E-state index contributed by atoms with van der Waals surface area (Å²) in [5.41, 5.74) is 16.0. The minimum absolute atomic E-state index is 0.127. The van der Waals surface area contributed by atoms with Crippen LogP contribution in [0.4, 0.5) is 17.1 Å². The second-order valence-electron chi connectivity index (χ2n) is 16.9. The Morgan fingerprint density at radius 1 is 0.361 bits per heavy atom. The van der Waals surface area contributed by atoms with E-state index in [-0.39, 0.29) is 5.41 Å². The van der Waals surface area contributed by atoms with E-state index in [0.717, 1.165) is 17.1 Å². The van der Waals surface area contributed by atoms with E-state index in [0.29, 0.717) is 0 Å². The molecule has 0 radical (unpaired) electrons. The molecule has 1 nitrogen and oxygen atoms in total. The largest absolute Gasteiger partial charge is 0.310 e. The molecule has 10 aromatic carbocycles. The number of thiophene rings is 1. The van der Waals surface area contributed by atoms with E-state index < -0.39 is 0 Å². The van der Waals surface area contributed by atoms with Crippen molar-refractivity contribution in [2.45, 2.75) is 19.3 Å². The van der Waals surface area contributed by atoms with Gasteiger partial charge >= 0.3 is 0 Å². The third kappa shape index (κ3) is 5.67. The molecule has 1 aromatic heterocycles. The topological polar surface area (TPSA) is 3.24 Å². The maximum Gasteiger partial charge on any atom is 0.0467 e. The van der Waals surface area contributed by atoms with Gasteiger partial charge in [-0.1, -0.05) is 172 Å². The smallest absolute Gasteiger partial charge is 0.0467 e. The third-order valence-corrected chi connectivity index (χ3v) is 14.2. The van der Waals surface area contributed by atoms with Crippen LogP contribution in [0.2, 0.25) is 0 Å². The molecule has 1 heterocycles. The fraction of sp³-hybridized carbons (Fsp3) is 0.0508. The Kier molecular flexibility index (Phi) is 8.13. The molecule has 1 aliphatic rings. The molecule has 288 valence electrons. The van der Waals surface area contributed by atoms with Gasteiger partial charge in [0.05, 0.1) is 0 Å². The predicted octanol–water partition coefficient (Wildman–Crippen LogP) is 17.1. The summed E-state index contributed by atoms with van der Waals surface area (Å²) in [6.45, 7) is 4.73. The normalized spacial score (nSPS) is 12.9. The fourth-order valence-electron chi connectivity index (χ4n) is 10.1. The molecule has 12 rings (SSSR count). The molecule has 0 amide bonds. The van der Waals surface area contributed by atoms with Crippen molar-refractivity contribution >= 4 is 70.1 Å². The molecule has 0 spiro atoms. The van der Waals surface area contributed by atoms with Gasteiger partial charge in [0.15, 0.2) is 0 Å². The lowest BCUT2D eigenvalue weighted by molar-refractivity contribution is 0.660. The predicted molar refractivity (Wildman–Crippen MR) is 263 cm³/mol. The first-order valence-corrected chi connectivity index (χ1v) is 22.0. The molecular formula is C59H41NS. The zero-order valence-electron chi connectivity index (χ0n) is 34.1. The Labute approximate surface area is 360 Å². The lowest BCUT2D eigenvalue weighted by atomic mass is 9.82. The molecule has 0 saturated carbocycles. The first-order valence-electron chi connectivity index (χ1n) is 21.2. The molecule has 11 aromatic rings. The Morgan fingerprint density at radius 2 is 0.967 bits per heavy atom. The summed E-state index contributed by atoms with van der Waals surface area (Å²) in [6, 6.07) is 78.8. The first kappa shape index (κ1) is 35.7. The van der Waals surface area contributed by atoms with Crippen LogP contribution in [-0.4, -0.2) is 0 Å². The average Bonchev–Trinajstić information content (AvgIpc) is 3.81. The third-order valence-electron chi connectivity index (χ3n) is 13.0. The van der Waals surface area contributed by atoms with E-state index in [1.165, 1.54) is 97.4 Å². The van der Waals surface area contributed by atoms with E-state index in [4.69, 9.17) is 0 Å². The second kappa shape index (κ2) is 13.9. The highest BCUT2D eigenvalue weighted by Gasteiger charge is 2.36. The van der Waals surface area contributed by atoms with Crippen LogP contribution in [0.1, 0.15) is 25.0 Å². The SMILES string of the molecule is CC1(C)c2ccccc2-c2ccc(N(c3cccc(-c4ccccc4)c3)c3cccc(-c4ccc5sc6ccccc6c5c4-c4cc5ccccc5c5ccccc45)c3)cc21. The summed E-state index contributed by atoms with van der Waals surface area (Å²) in [5, 5.41) is 7.69. The van der Waals surface area contributed by atoms with Crippen molar-refractivity contribution in [2.75, 3.05) is 4.90 Å². The van der Waals surface area contributed by atoms with Gasteiger partial charge in [-0.2, -0.15) is 0 Å². The highest BCUT2D eigenvalue weighted by Crippen LogP contribution is 2.52. The lowest BCUT2D eigenvalue weighted by Gasteiger charge is -2.29. The minimum atomic E-state index is -0.127. The molecule has 0 N–H and O–H groups in total. The van der Waals surface area contributed by atoms with Crippen molar-refractivity contribution < 1.29 is 0 Å². The second-order valence-corrected chi connectivity index (χ2v) is 17.9. The Bertz CT molecular complexity index is 3520. The van der Waals surface area contributed by atoms with Gasteiger partial charge in [0.25, 0.3) is 0 Å². The van der Waals surface area contributed by atoms with Gasteiger partial charge in [-0.3, -0.25) is 0 Å². The number of rotatable bonds is 6. The van der Waals surface area contributed by atoms with Gasteiger partial charge in [0.2, 0.25) is 0 Å². The molecule has 0 atom stereocenters. The van der Waals surface area contributed by atoms with Crippen molar-refractivity contribution in [3.05, 3.63) is 223 Å². The number of hydrogen-bond acceptors (Lipinski definition) is 2. The van der Waals surface area contributed by atoms with Crippen LogP contribution in [0.25, 0.3) is 86.2 Å². The van der Waals surface area contributed by atoms with Gasteiger partial charge < -0.3 is 4.90 Å². The van der Waals surface area contributed by atoms with Gasteiger partial charge in [-0.25, -0.2) is 0 Å².